The quantitative estimate of drug-likeness (QED) is 0.246. The molecule has 0 bridgehead atoms. The van der Waals surface area contributed by atoms with Crippen LogP contribution >= 0.6 is 0 Å². The zero-order valence-corrected chi connectivity index (χ0v) is 22.1. The number of aliphatic imine (C=N–C) groups is 1. The van der Waals surface area contributed by atoms with E-state index in [1.807, 2.05) is 30.3 Å². The second-order valence-corrected chi connectivity index (χ2v) is 10.8. The number of rotatable bonds is 2. The van der Waals surface area contributed by atoms with E-state index in [4.69, 9.17) is 14.1 Å². The van der Waals surface area contributed by atoms with E-state index >= 15 is 0 Å². The summed E-state index contributed by atoms with van der Waals surface area (Å²) in [6.07, 6.45) is 1.91. The number of guanidine groups is 1. The van der Waals surface area contributed by atoms with Crippen LogP contribution in [0.1, 0.15) is 34.2 Å². The first-order chi connectivity index (χ1) is 20.3. The highest BCUT2D eigenvalue weighted by molar-refractivity contribution is 6.09. The molecule has 41 heavy (non-hydrogen) atoms. The third-order valence-corrected chi connectivity index (χ3v) is 8.46. The van der Waals surface area contributed by atoms with Gasteiger partial charge in [-0.3, -0.25) is 4.90 Å². The second-order valence-electron chi connectivity index (χ2n) is 10.8. The largest absolute Gasteiger partial charge is 0.465 e. The third-order valence-electron chi connectivity index (χ3n) is 8.46. The van der Waals surface area contributed by atoms with E-state index in [9.17, 15) is 0 Å². The molecule has 6 aromatic rings. The third kappa shape index (κ3) is 3.32. The number of hydrogen-bond donors (Lipinski definition) is 1. The van der Waals surface area contributed by atoms with Crippen molar-refractivity contribution < 1.29 is 9.15 Å². The summed E-state index contributed by atoms with van der Waals surface area (Å²) in [6, 6.07) is 41.9. The van der Waals surface area contributed by atoms with Gasteiger partial charge in [0.2, 0.25) is 5.96 Å². The van der Waals surface area contributed by atoms with E-state index < -0.39 is 0 Å². The molecule has 5 aromatic carbocycles. The van der Waals surface area contributed by atoms with Crippen molar-refractivity contribution in [3.05, 3.63) is 150 Å². The highest BCUT2D eigenvalue weighted by Gasteiger charge is 2.50. The first-order valence-corrected chi connectivity index (χ1v) is 14.0. The lowest BCUT2D eigenvalue weighted by Gasteiger charge is -2.32. The standard InChI is InChI=1S/C36H25N3O2/c1-3-11-22(12-4-1)28-21-29(23-13-5-2-6-14-23)38-36(37-28)39-30-17-9-7-16-26(30)32-27-20-19-25-24-15-8-10-18-31(24)40-33(25)34(27)41-35(32)39/h1-21,28,32,35H,(H,37,38). The van der Waals surface area contributed by atoms with Gasteiger partial charge >= 0.3 is 0 Å². The van der Waals surface area contributed by atoms with Crippen LogP contribution < -0.4 is 15.0 Å². The zero-order chi connectivity index (χ0) is 26.9. The Kier molecular flexibility index (Phi) is 4.73. The van der Waals surface area contributed by atoms with Crippen LogP contribution in [-0.4, -0.2) is 12.2 Å². The van der Waals surface area contributed by atoms with Crippen LogP contribution in [0.3, 0.4) is 0 Å². The fourth-order valence-electron chi connectivity index (χ4n) is 6.60. The minimum absolute atomic E-state index is 0.0320. The molecule has 3 aliphatic rings. The highest BCUT2D eigenvalue weighted by atomic mass is 16.5. The smallest absolute Gasteiger partial charge is 0.207 e. The van der Waals surface area contributed by atoms with E-state index in [2.05, 4.69) is 107 Å². The molecular weight excluding hydrogens is 506 g/mol. The predicted octanol–water partition coefficient (Wildman–Crippen LogP) is 8.00. The van der Waals surface area contributed by atoms with Gasteiger partial charge in [0, 0.05) is 22.0 Å². The molecule has 196 valence electrons. The normalized spacial score (nSPS) is 20.6. The van der Waals surface area contributed by atoms with Gasteiger partial charge in [-0.25, -0.2) is 4.99 Å². The summed E-state index contributed by atoms with van der Waals surface area (Å²) in [7, 11) is 0. The molecule has 1 aromatic heterocycles. The monoisotopic (exact) mass is 531 g/mol. The maximum Gasteiger partial charge on any atom is 0.207 e. The van der Waals surface area contributed by atoms with Crippen molar-refractivity contribution in [1.82, 2.24) is 5.32 Å². The fraction of sp³-hybridized carbons (Fsp3) is 0.0833. The summed E-state index contributed by atoms with van der Waals surface area (Å²) in [5.74, 6) is 1.63. The number of nitrogens with one attached hydrogen (secondary N) is 1. The van der Waals surface area contributed by atoms with Gasteiger partial charge in [-0.15, -0.1) is 0 Å². The van der Waals surface area contributed by atoms with E-state index in [0.717, 1.165) is 61.7 Å². The summed E-state index contributed by atoms with van der Waals surface area (Å²) in [4.78, 5) is 7.52. The van der Waals surface area contributed by atoms with Crippen molar-refractivity contribution in [2.24, 2.45) is 4.99 Å². The topological polar surface area (TPSA) is 50.0 Å². The summed E-state index contributed by atoms with van der Waals surface area (Å²) < 4.78 is 13.3. The van der Waals surface area contributed by atoms with Gasteiger partial charge < -0.3 is 14.5 Å². The zero-order valence-electron chi connectivity index (χ0n) is 22.1. The number of para-hydroxylation sites is 2. The van der Waals surface area contributed by atoms with Crippen molar-refractivity contribution in [3.63, 3.8) is 0 Å². The molecule has 3 unspecified atom stereocenters. The van der Waals surface area contributed by atoms with E-state index in [0.29, 0.717) is 0 Å². The summed E-state index contributed by atoms with van der Waals surface area (Å²) in [6.45, 7) is 0. The Labute approximate surface area is 237 Å². The Morgan fingerprint density at radius 3 is 2.32 bits per heavy atom. The number of hydrogen-bond acceptors (Lipinski definition) is 5. The van der Waals surface area contributed by atoms with Crippen molar-refractivity contribution in [3.8, 4) is 5.75 Å². The molecular formula is C36H25N3O2. The van der Waals surface area contributed by atoms with Gasteiger partial charge in [0.15, 0.2) is 17.6 Å². The molecule has 0 amide bonds. The Bertz CT molecular complexity index is 2030. The fourth-order valence-corrected chi connectivity index (χ4v) is 6.60. The number of nitrogens with zero attached hydrogens (tertiary/aromatic N) is 2. The molecule has 0 saturated heterocycles. The van der Waals surface area contributed by atoms with Gasteiger partial charge in [0.05, 0.1) is 17.6 Å². The number of ether oxygens (including phenoxy) is 1. The Morgan fingerprint density at radius 1 is 0.683 bits per heavy atom. The van der Waals surface area contributed by atoms with Crippen LogP contribution in [0.2, 0.25) is 0 Å². The van der Waals surface area contributed by atoms with Crippen LogP contribution in [0.5, 0.6) is 5.75 Å². The molecule has 3 atom stereocenters. The summed E-state index contributed by atoms with van der Waals surface area (Å²) >= 11 is 0. The van der Waals surface area contributed by atoms with Crippen LogP contribution in [0.25, 0.3) is 27.6 Å². The minimum Gasteiger partial charge on any atom is -0.465 e. The average Bonchev–Trinajstić information content (AvgIpc) is 3.70. The van der Waals surface area contributed by atoms with Crippen molar-refractivity contribution in [2.75, 3.05) is 4.90 Å². The van der Waals surface area contributed by atoms with Gasteiger partial charge in [0.25, 0.3) is 0 Å². The lowest BCUT2D eigenvalue weighted by atomic mass is 9.92. The second kappa shape index (κ2) is 8.60. The van der Waals surface area contributed by atoms with Crippen LogP contribution in [0.15, 0.2) is 137 Å². The van der Waals surface area contributed by atoms with Crippen molar-refractivity contribution in [2.45, 2.75) is 18.2 Å². The van der Waals surface area contributed by atoms with Gasteiger partial charge in [0.1, 0.15) is 5.58 Å². The number of benzene rings is 5. The molecule has 4 heterocycles. The SMILES string of the molecule is C1=C(c2ccccc2)NC(N2c3ccccc3C3c4ccc5c(oc6ccccc65)c4OC32)=NC1c1ccccc1. The van der Waals surface area contributed by atoms with Gasteiger partial charge in [-0.2, -0.15) is 0 Å². The molecule has 0 aliphatic carbocycles. The molecule has 5 nitrogen and oxygen atoms in total. The molecule has 0 radical (unpaired) electrons. The van der Waals surface area contributed by atoms with Crippen LogP contribution in [0, 0.1) is 0 Å². The predicted molar refractivity (Wildman–Crippen MR) is 163 cm³/mol. The molecule has 0 spiro atoms. The van der Waals surface area contributed by atoms with Gasteiger partial charge in [-0.1, -0.05) is 103 Å². The lowest BCUT2D eigenvalue weighted by Crippen LogP contribution is -2.48. The molecule has 0 saturated carbocycles. The minimum atomic E-state index is -0.293. The lowest BCUT2D eigenvalue weighted by molar-refractivity contribution is 0.236. The Morgan fingerprint density at radius 2 is 1.44 bits per heavy atom. The summed E-state index contributed by atoms with van der Waals surface area (Å²) in [5, 5.41) is 5.86. The number of anilines is 1. The maximum atomic E-state index is 6.90. The molecule has 1 N–H and O–H groups in total. The molecule has 5 heteroatoms. The summed E-state index contributed by atoms with van der Waals surface area (Å²) in [5.41, 5.74) is 8.44. The highest BCUT2D eigenvalue weighted by Crippen LogP contribution is 2.55. The molecule has 3 aliphatic heterocycles. The molecule has 0 fully saturated rings. The maximum absolute atomic E-state index is 6.90. The first kappa shape index (κ1) is 22.5. The van der Waals surface area contributed by atoms with Crippen LogP contribution in [0.4, 0.5) is 5.69 Å². The van der Waals surface area contributed by atoms with E-state index in [-0.39, 0.29) is 18.2 Å². The molecule has 9 rings (SSSR count). The van der Waals surface area contributed by atoms with Gasteiger partial charge in [-0.05, 0) is 41.0 Å². The first-order valence-electron chi connectivity index (χ1n) is 14.0. The Hall–Kier alpha value is -5.29. The average molecular weight is 532 g/mol. The van der Waals surface area contributed by atoms with E-state index in [1.165, 1.54) is 5.56 Å². The Balaban J connectivity index is 1.20. The number of fused-ring (bicyclic) bond motifs is 9. The van der Waals surface area contributed by atoms with Crippen molar-refractivity contribution in [1.29, 1.82) is 0 Å². The van der Waals surface area contributed by atoms with E-state index in [1.54, 1.807) is 0 Å². The van der Waals surface area contributed by atoms with Crippen LogP contribution in [-0.2, 0) is 0 Å². The number of furan rings is 1. The van der Waals surface area contributed by atoms with Crippen molar-refractivity contribution >= 4 is 39.3 Å².